The fraction of sp³-hybridized carbons (Fsp3) is 0.256. The van der Waals surface area contributed by atoms with Gasteiger partial charge in [0.15, 0.2) is 11.5 Å². The molecular weight excluding hydrogens is 658 g/mol. The number of halogens is 1. The first kappa shape index (κ1) is 37.0. The lowest BCUT2D eigenvalue weighted by molar-refractivity contribution is 0.100. The van der Waals surface area contributed by atoms with Gasteiger partial charge in [0.25, 0.3) is 0 Å². The van der Waals surface area contributed by atoms with Crippen LogP contribution in [0.25, 0.3) is 39.5 Å². The minimum absolute atomic E-state index is 0.0379. The Morgan fingerprint density at radius 3 is 2.37 bits per heavy atom. The first-order chi connectivity index (χ1) is 25.4. The molecule has 0 unspecified atom stereocenters. The van der Waals surface area contributed by atoms with Gasteiger partial charge < -0.3 is 16.8 Å². The van der Waals surface area contributed by atoms with Crippen molar-refractivity contribution in [2.24, 2.45) is 5.73 Å². The molecule has 52 heavy (non-hydrogen) atoms. The predicted octanol–water partition coefficient (Wildman–Crippen LogP) is 6.76. The highest BCUT2D eigenvalue weighted by Crippen LogP contribution is 2.33. The molecule has 1 amide bonds. The first-order valence-corrected chi connectivity index (χ1v) is 17.4. The topological polar surface area (TPSA) is 178 Å². The minimum Gasteiger partial charge on any atom is -0.383 e. The molecule has 5 heterocycles. The van der Waals surface area contributed by atoms with Gasteiger partial charge in [-0.15, -0.1) is 0 Å². The van der Waals surface area contributed by atoms with Crippen LogP contribution in [0.5, 0.6) is 0 Å². The number of imidazole rings is 1. The standard InChI is InChI=1S/C35H30FN11O.2C2H6/c36-22-5-8-25(27(18-22)33(39)48)28-9-10-29-35(43-28)47(34(44-29)26-2-1-14-41-32(26)38)24-6-3-21(4-7-24)20-46-16-12-23(13-17-46)42-30-11-15-40-31(19-37)45-30;2*1-2/h1-11,14-15,18,23H,12-13,16-17,20H2,(H2,38,41)(H2,39,48)(H,40,42,45);2*1-2H3. The van der Waals surface area contributed by atoms with E-state index in [9.17, 15) is 9.18 Å². The Morgan fingerprint density at radius 1 is 0.923 bits per heavy atom. The Morgan fingerprint density at radius 2 is 1.67 bits per heavy atom. The largest absolute Gasteiger partial charge is 0.383 e. The summed E-state index contributed by atoms with van der Waals surface area (Å²) in [5.41, 5.74) is 16.5. The van der Waals surface area contributed by atoms with E-state index in [1.165, 1.54) is 12.1 Å². The van der Waals surface area contributed by atoms with Crippen molar-refractivity contribution >= 4 is 28.7 Å². The number of nitrogen functional groups attached to an aromatic ring is 1. The Hall–Kier alpha value is -6.26. The van der Waals surface area contributed by atoms with Crippen LogP contribution < -0.4 is 16.8 Å². The van der Waals surface area contributed by atoms with Crippen LogP contribution in [0, 0.1) is 17.1 Å². The maximum absolute atomic E-state index is 14.0. The summed E-state index contributed by atoms with van der Waals surface area (Å²) in [6.07, 6.45) is 5.10. The van der Waals surface area contributed by atoms with Gasteiger partial charge in [0, 0.05) is 49.3 Å². The second kappa shape index (κ2) is 17.1. The molecular formula is C39H42FN11O. The van der Waals surface area contributed by atoms with E-state index in [2.05, 4.69) is 37.3 Å². The van der Waals surface area contributed by atoms with Crippen LogP contribution in [-0.2, 0) is 6.54 Å². The van der Waals surface area contributed by atoms with Crippen molar-refractivity contribution in [3.63, 3.8) is 0 Å². The summed E-state index contributed by atoms with van der Waals surface area (Å²) in [7, 11) is 0. The van der Waals surface area contributed by atoms with Gasteiger partial charge in [0.2, 0.25) is 11.7 Å². The van der Waals surface area contributed by atoms with E-state index >= 15 is 0 Å². The van der Waals surface area contributed by atoms with Gasteiger partial charge in [0.05, 0.1) is 16.8 Å². The number of rotatable bonds is 8. The number of likely N-dealkylation sites (tertiary alicyclic amines) is 1. The third kappa shape index (κ3) is 8.20. The Labute approximate surface area is 302 Å². The number of hydrogen-bond donors (Lipinski definition) is 3. The Kier molecular flexibility index (Phi) is 12.2. The van der Waals surface area contributed by atoms with Gasteiger partial charge in [0.1, 0.15) is 29.0 Å². The van der Waals surface area contributed by atoms with E-state index in [1.54, 1.807) is 36.7 Å². The second-order valence-corrected chi connectivity index (χ2v) is 11.5. The summed E-state index contributed by atoms with van der Waals surface area (Å²) in [6.45, 7) is 10.6. The molecule has 0 spiro atoms. The summed E-state index contributed by atoms with van der Waals surface area (Å²) < 4.78 is 15.9. The van der Waals surface area contributed by atoms with E-state index < -0.39 is 11.7 Å². The predicted molar refractivity (Wildman–Crippen MR) is 202 cm³/mol. The van der Waals surface area contributed by atoms with E-state index in [4.69, 9.17) is 26.7 Å². The number of fused-ring (bicyclic) bond motifs is 1. The summed E-state index contributed by atoms with van der Waals surface area (Å²) >= 11 is 0. The van der Waals surface area contributed by atoms with Crippen molar-refractivity contribution in [3.05, 3.63) is 108 Å². The number of hydrogen-bond acceptors (Lipinski definition) is 10. The third-order valence-electron chi connectivity index (χ3n) is 8.40. The SMILES string of the molecule is CC.CC.N#Cc1nccc(NC2CCN(Cc3ccc(-n4c(-c5cccnc5N)nc5ccc(-c6ccc(F)cc6C(N)=O)nc54)cc3)CC2)n1. The second-order valence-electron chi connectivity index (χ2n) is 11.5. The van der Waals surface area contributed by atoms with Crippen LogP contribution in [0.1, 0.15) is 62.3 Å². The Bertz CT molecular complexity index is 2190. The average molecular weight is 700 g/mol. The molecule has 1 aliphatic heterocycles. The molecule has 2 aromatic carbocycles. The summed E-state index contributed by atoms with van der Waals surface area (Å²) in [5.74, 6) is 0.390. The molecule has 1 fully saturated rings. The van der Waals surface area contributed by atoms with E-state index in [0.29, 0.717) is 45.4 Å². The normalized spacial score (nSPS) is 12.9. The maximum atomic E-state index is 14.0. The number of benzene rings is 2. The number of amides is 1. The number of pyridine rings is 2. The van der Waals surface area contributed by atoms with Crippen LogP contribution in [0.15, 0.2) is 85.2 Å². The van der Waals surface area contributed by atoms with Crippen molar-refractivity contribution < 1.29 is 9.18 Å². The van der Waals surface area contributed by atoms with E-state index in [-0.39, 0.29) is 17.4 Å². The maximum Gasteiger partial charge on any atom is 0.249 e. The molecule has 13 heteroatoms. The number of nitrogens with zero attached hydrogens (tertiary/aromatic N) is 8. The monoisotopic (exact) mass is 699 g/mol. The number of nitriles is 1. The zero-order valence-electron chi connectivity index (χ0n) is 29.7. The fourth-order valence-corrected chi connectivity index (χ4v) is 6.03. The molecule has 4 aromatic heterocycles. The van der Waals surface area contributed by atoms with Crippen LogP contribution in [0.2, 0.25) is 0 Å². The minimum atomic E-state index is -0.750. The summed E-state index contributed by atoms with van der Waals surface area (Å²) in [4.78, 5) is 36.8. The Balaban J connectivity index is 0.00000126. The van der Waals surface area contributed by atoms with Gasteiger partial charge in [-0.25, -0.2) is 29.3 Å². The lowest BCUT2D eigenvalue weighted by Crippen LogP contribution is -2.38. The van der Waals surface area contributed by atoms with Gasteiger partial charge in [-0.2, -0.15) is 5.26 Å². The molecule has 12 nitrogen and oxygen atoms in total. The van der Waals surface area contributed by atoms with Crippen LogP contribution in [0.4, 0.5) is 16.0 Å². The van der Waals surface area contributed by atoms with Gasteiger partial charge in [-0.1, -0.05) is 39.8 Å². The van der Waals surface area contributed by atoms with Gasteiger partial charge in [-0.3, -0.25) is 14.3 Å². The lowest BCUT2D eigenvalue weighted by atomic mass is 10.0. The van der Waals surface area contributed by atoms with Crippen molar-refractivity contribution in [2.75, 3.05) is 24.1 Å². The average Bonchev–Trinajstić information content (AvgIpc) is 3.56. The molecule has 0 bridgehead atoms. The molecule has 7 rings (SSSR count). The zero-order valence-corrected chi connectivity index (χ0v) is 29.7. The first-order valence-electron chi connectivity index (χ1n) is 17.4. The van der Waals surface area contributed by atoms with Gasteiger partial charge in [-0.05, 0) is 79.1 Å². The van der Waals surface area contributed by atoms with Crippen LogP contribution in [-0.4, -0.2) is 59.4 Å². The number of anilines is 2. The number of carbonyl (C=O) groups excluding carboxylic acids is 1. The molecule has 5 N–H and O–H groups in total. The number of nitrogens with two attached hydrogens (primary N) is 2. The molecule has 1 saturated heterocycles. The molecule has 0 saturated carbocycles. The summed E-state index contributed by atoms with van der Waals surface area (Å²) in [5, 5.41) is 12.5. The number of nitrogens with one attached hydrogen (secondary N) is 1. The molecule has 0 atom stereocenters. The van der Waals surface area contributed by atoms with Crippen LogP contribution in [0.3, 0.4) is 0 Å². The quantitative estimate of drug-likeness (QED) is 0.154. The number of piperidine rings is 1. The van der Waals surface area contributed by atoms with Crippen molar-refractivity contribution in [2.45, 2.75) is 53.1 Å². The third-order valence-corrected chi connectivity index (χ3v) is 8.40. The molecule has 0 radical (unpaired) electrons. The number of aromatic nitrogens is 6. The lowest BCUT2D eigenvalue weighted by Gasteiger charge is -2.32. The molecule has 6 aromatic rings. The van der Waals surface area contributed by atoms with Crippen molar-refractivity contribution in [3.8, 4) is 34.4 Å². The highest BCUT2D eigenvalue weighted by molar-refractivity contribution is 6.00. The van der Waals surface area contributed by atoms with E-state index in [1.807, 2.05) is 56.5 Å². The number of primary amides is 1. The smallest absolute Gasteiger partial charge is 0.249 e. The van der Waals surface area contributed by atoms with E-state index in [0.717, 1.165) is 49.8 Å². The molecule has 266 valence electrons. The molecule has 0 aliphatic carbocycles. The zero-order chi connectivity index (χ0) is 37.2. The highest BCUT2D eigenvalue weighted by atomic mass is 19.1. The fourth-order valence-electron chi connectivity index (χ4n) is 6.03. The number of carbonyl (C=O) groups is 1. The summed E-state index contributed by atoms with van der Waals surface area (Å²) in [6, 6.07) is 23.3. The molecule has 1 aliphatic rings. The van der Waals surface area contributed by atoms with Crippen molar-refractivity contribution in [1.29, 1.82) is 5.26 Å². The van der Waals surface area contributed by atoms with Crippen LogP contribution >= 0.6 is 0 Å². The highest BCUT2D eigenvalue weighted by Gasteiger charge is 2.22. The van der Waals surface area contributed by atoms with Gasteiger partial charge >= 0.3 is 0 Å². The van der Waals surface area contributed by atoms with Crippen molar-refractivity contribution in [1.82, 2.24) is 34.4 Å².